The summed E-state index contributed by atoms with van der Waals surface area (Å²) in [5.41, 5.74) is 12.3. The second-order valence-corrected chi connectivity index (χ2v) is 3.18. The molecule has 3 heteroatoms. The summed E-state index contributed by atoms with van der Waals surface area (Å²) in [6.45, 7) is 2.06. The quantitative estimate of drug-likeness (QED) is 0.704. The summed E-state index contributed by atoms with van der Waals surface area (Å²) in [5, 5.41) is 0. The van der Waals surface area contributed by atoms with Gasteiger partial charge in [0.05, 0.1) is 5.69 Å². The zero-order valence-electron chi connectivity index (χ0n) is 7.76. The fraction of sp³-hybridized carbons (Fsp3) is 0.400. The van der Waals surface area contributed by atoms with Gasteiger partial charge >= 0.3 is 0 Å². The molecule has 0 aliphatic rings. The third-order valence-corrected chi connectivity index (χ3v) is 2.05. The normalized spacial score (nSPS) is 12.8. The number of rotatable bonds is 3. The average molecular weight is 182 g/mol. The van der Waals surface area contributed by atoms with Gasteiger partial charge in [-0.15, -0.1) is 0 Å². The summed E-state index contributed by atoms with van der Waals surface area (Å²) in [5.74, 6) is -0.382. The van der Waals surface area contributed by atoms with E-state index in [4.69, 9.17) is 11.5 Å². The Balaban J connectivity index is 2.84. The average Bonchev–Trinajstić information content (AvgIpc) is 2.10. The lowest BCUT2D eigenvalue weighted by Gasteiger charge is -2.11. The molecule has 72 valence electrons. The van der Waals surface area contributed by atoms with Crippen molar-refractivity contribution in [3.8, 4) is 0 Å². The Kier molecular flexibility index (Phi) is 3.25. The SMILES string of the molecule is CCC[C@@H](N)c1ccc(F)c(N)c1. The Morgan fingerprint density at radius 1 is 1.46 bits per heavy atom. The van der Waals surface area contributed by atoms with E-state index in [1.165, 1.54) is 6.07 Å². The number of nitrogens with two attached hydrogens (primary N) is 2. The molecule has 0 saturated heterocycles. The lowest BCUT2D eigenvalue weighted by molar-refractivity contribution is 0.620. The second kappa shape index (κ2) is 4.23. The minimum atomic E-state index is -0.382. The molecule has 13 heavy (non-hydrogen) atoms. The van der Waals surface area contributed by atoms with Crippen LogP contribution in [-0.4, -0.2) is 0 Å². The first-order valence-corrected chi connectivity index (χ1v) is 4.45. The molecule has 1 aromatic rings. The summed E-state index contributed by atoms with van der Waals surface area (Å²) < 4.78 is 12.8. The topological polar surface area (TPSA) is 52.0 Å². The number of hydrogen-bond acceptors (Lipinski definition) is 2. The lowest BCUT2D eigenvalue weighted by atomic mass is 10.0. The molecule has 0 unspecified atom stereocenters. The molecule has 0 aliphatic heterocycles. The predicted octanol–water partition coefficient (Wildman–Crippen LogP) is 2.21. The van der Waals surface area contributed by atoms with E-state index < -0.39 is 0 Å². The van der Waals surface area contributed by atoms with Crippen LogP contribution in [0.15, 0.2) is 18.2 Å². The van der Waals surface area contributed by atoms with Crippen LogP contribution in [0.25, 0.3) is 0 Å². The Morgan fingerprint density at radius 2 is 2.15 bits per heavy atom. The molecule has 0 aliphatic carbocycles. The van der Waals surface area contributed by atoms with E-state index in [0.29, 0.717) is 0 Å². The van der Waals surface area contributed by atoms with E-state index in [1.807, 2.05) is 0 Å². The van der Waals surface area contributed by atoms with Crippen LogP contribution in [0.3, 0.4) is 0 Å². The molecule has 0 spiro atoms. The molecule has 0 aromatic heterocycles. The van der Waals surface area contributed by atoms with Crippen molar-refractivity contribution in [1.29, 1.82) is 0 Å². The number of benzene rings is 1. The second-order valence-electron chi connectivity index (χ2n) is 3.18. The van der Waals surface area contributed by atoms with Crippen molar-refractivity contribution in [3.05, 3.63) is 29.6 Å². The van der Waals surface area contributed by atoms with Crippen LogP contribution < -0.4 is 11.5 Å². The maximum Gasteiger partial charge on any atom is 0.146 e. The molecule has 2 nitrogen and oxygen atoms in total. The molecule has 1 aromatic carbocycles. The van der Waals surface area contributed by atoms with E-state index >= 15 is 0 Å². The molecule has 0 radical (unpaired) electrons. The first-order chi connectivity index (χ1) is 6.15. The number of anilines is 1. The van der Waals surface area contributed by atoms with Crippen molar-refractivity contribution in [2.45, 2.75) is 25.8 Å². The highest BCUT2D eigenvalue weighted by molar-refractivity contribution is 5.43. The van der Waals surface area contributed by atoms with Crippen molar-refractivity contribution in [3.63, 3.8) is 0 Å². The van der Waals surface area contributed by atoms with Crippen molar-refractivity contribution < 1.29 is 4.39 Å². The van der Waals surface area contributed by atoms with E-state index in [-0.39, 0.29) is 17.5 Å². The molecule has 0 fully saturated rings. The lowest BCUT2D eigenvalue weighted by Crippen LogP contribution is -2.10. The monoisotopic (exact) mass is 182 g/mol. The Bertz CT molecular complexity index is 286. The standard InChI is InChI=1S/C10H15FN2/c1-2-3-9(12)7-4-5-8(11)10(13)6-7/h4-6,9H,2-3,12-13H2,1H3/t9-/m1/s1. The van der Waals surface area contributed by atoms with Gasteiger partial charge in [-0.2, -0.15) is 0 Å². The summed E-state index contributed by atoms with van der Waals surface area (Å²) in [6, 6.07) is 4.62. The molecule has 1 rings (SSSR count). The molecule has 0 heterocycles. The van der Waals surface area contributed by atoms with Crippen LogP contribution in [0.2, 0.25) is 0 Å². The van der Waals surface area contributed by atoms with Gasteiger partial charge in [0.1, 0.15) is 5.82 Å². The third-order valence-electron chi connectivity index (χ3n) is 2.05. The van der Waals surface area contributed by atoms with Gasteiger partial charge in [-0.3, -0.25) is 0 Å². The maximum atomic E-state index is 12.8. The fourth-order valence-electron chi connectivity index (χ4n) is 1.27. The van der Waals surface area contributed by atoms with Gasteiger partial charge in [0.15, 0.2) is 0 Å². The number of hydrogen-bond donors (Lipinski definition) is 2. The molecule has 4 N–H and O–H groups in total. The molecule has 1 atom stereocenters. The van der Waals surface area contributed by atoms with Gasteiger partial charge in [-0.25, -0.2) is 4.39 Å². The summed E-state index contributed by atoms with van der Waals surface area (Å²) >= 11 is 0. The van der Waals surface area contributed by atoms with Crippen LogP contribution in [0, 0.1) is 5.82 Å². The predicted molar refractivity (Wildman–Crippen MR) is 52.6 cm³/mol. The smallest absolute Gasteiger partial charge is 0.146 e. The minimum absolute atomic E-state index is 0.0344. The first kappa shape index (κ1) is 9.99. The van der Waals surface area contributed by atoms with Crippen molar-refractivity contribution in [1.82, 2.24) is 0 Å². The molecule has 0 bridgehead atoms. The van der Waals surface area contributed by atoms with Crippen LogP contribution >= 0.6 is 0 Å². The zero-order valence-corrected chi connectivity index (χ0v) is 7.76. The van der Waals surface area contributed by atoms with Crippen molar-refractivity contribution >= 4 is 5.69 Å². The van der Waals surface area contributed by atoms with Crippen LogP contribution in [0.5, 0.6) is 0 Å². The molecular formula is C10H15FN2. The van der Waals surface area contributed by atoms with E-state index in [1.54, 1.807) is 12.1 Å². The summed E-state index contributed by atoms with van der Waals surface area (Å²) in [7, 11) is 0. The summed E-state index contributed by atoms with van der Waals surface area (Å²) in [6.07, 6.45) is 1.91. The van der Waals surface area contributed by atoms with Gasteiger partial charge < -0.3 is 11.5 Å². The van der Waals surface area contributed by atoms with Crippen LogP contribution in [0.4, 0.5) is 10.1 Å². The minimum Gasteiger partial charge on any atom is -0.396 e. The van der Waals surface area contributed by atoms with E-state index in [0.717, 1.165) is 18.4 Å². The number of halogens is 1. The Labute approximate surface area is 77.7 Å². The molecule has 0 saturated carbocycles. The van der Waals surface area contributed by atoms with Gasteiger partial charge in [-0.1, -0.05) is 19.4 Å². The largest absolute Gasteiger partial charge is 0.396 e. The van der Waals surface area contributed by atoms with Gasteiger partial charge in [0.2, 0.25) is 0 Å². The van der Waals surface area contributed by atoms with Crippen LogP contribution in [0.1, 0.15) is 31.4 Å². The third kappa shape index (κ3) is 2.42. The highest BCUT2D eigenvalue weighted by atomic mass is 19.1. The van der Waals surface area contributed by atoms with Gasteiger partial charge in [0.25, 0.3) is 0 Å². The van der Waals surface area contributed by atoms with E-state index in [9.17, 15) is 4.39 Å². The van der Waals surface area contributed by atoms with Crippen LogP contribution in [-0.2, 0) is 0 Å². The van der Waals surface area contributed by atoms with Gasteiger partial charge in [-0.05, 0) is 24.1 Å². The molecular weight excluding hydrogens is 167 g/mol. The maximum absolute atomic E-state index is 12.8. The first-order valence-electron chi connectivity index (χ1n) is 4.45. The Hall–Kier alpha value is -1.09. The van der Waals surface area contributed by atoms with Gasteiger partial charge in [0, 0.05) is 6.04 Å². The van der Waals surface area contributed by atoms with Crippen molar-refractivity contribution in [2.75, 3.05) is 5.73 Å². The van der Waals surface area contributed by atoms with Crippen molar-refractivity contribution in [2.24, 2.45) is 5.73 Å². The zero-order chi connectivity index (χ0) is 9.84. The number of nitrogen functional groups attached to an aromatic ring is 1. The highest BCUT2D eigenvalue weighted by Crippen LogP contribution is 2.19. The summed E-state index contributed by atoms with van der Waals surface area (Å²) in [4.78, 5) is 0. The Morgan fingerprint density at radius 3 is 2.69 bits per heavy atom. The molecule has 0 amide bonds. The fourth-order valence-corrected chi connectivity index (χ4v) is 1.27. The van der Waals surface area contributed by atoms with E-state index in [2.05, 4.69) is 6.92 Å². The highest BCUT2D eigenvalue weighted by Gasteiger charge is 2.06.